The molecular formula is C10H8BrIO2. The Morgan fingerprint density at radius 1 is 1.57 bits per heavy atom. The molecule has 1 atom stereocenters. The summed E-state index contributed by atoms with van der Waals surface area (Å²) in [5.41, 5.74) is 0.929. The second-order valence-electron chi connectivity index (χ2n) is 2.83. The zero-order valence-electron chi connectivity index (χ0n) is 7.46. The molecule has 2 nitrogen and oxygen atoms in total. The summed E-state index contributed by atoms with van der Waals surface area (Å²) in [6.07, 6.45) is 0.713. The summed E-state index contributed by atoms with van der Waals surface area (Å²) in [5, 5.41) is 0. The first-order chi connectivity index (χ1) is 6.56. The van der Waals surface area contributed by atoms with E-state index in [-0.39, 0.29) is 10.6 Å². The molecule has 14 heavy (non-hydrogen) atoms. The van der Waals surface area contributed by atoms with Crippen LogP contribution < -0.4 is 0 Å². The fraction of sp³-hybridized carbons (Fsp3) is 0.200. The van der Waals surface area contributed by atoms with Gasteiger partial charge in [0.05, 0.1) is 4.83 Å². The topological polar surface area (TPSA) is 34.1 Å². The van der Waals surface area contributed by atoms with Crippen LogP contribution in [0.15, 0.2) is 18.2 Å². The summed E-state index contributed by atoms with van der Waals surface area (Å²) >= 11 is 5.30. The van der Waals surface area contributed by atoms with Crippen LogP contribution in [0.2, 0.25) is 0 Å². The van der Waals surface area contributed by atoms with Gasteiger partial charge in [-0.15, -0.1) is 0 Å². The number of aldehydes is 1. The molecule has 1 unspecified atom stereocenters. The van der Waals surface area contributed by atoms with Crippen molar-refractivity contribution in [3.05, 3.63) is 32.9 Å². The standard InChI is InChI=1S/C10H8BrIO2/c1-6(11)10(14)9-3-2-8(12)4-7(9)5-13/h2-6H,1H3. The minimum atomic E-state index is -0.263. The lowest BCUT2D eigenvalue weighted by molar-refractivity contribution is 0.0989. The van der Waals surface area contributed by atoms with Gasteiger partial charge >= 0.3 is 0 Å². The van der Waals surface area contributed by atoms with Gasteiger partial charge in [-0.3, -0.25) is 9.59 Å². The summed E-state index contributed by atoms with van der Waals surface area (Å²) in [7, 11) is 0. The minimum Gasteiger partial charge on any atom is -0.298 e. The smallest absolute Gasteiger partial charge is 0.176 e. The molecule has 0 aliphatic carbocycles. The van der Waals surface area contributed by atoms with E-state index >= 15 is 0 Å². The van der Waals surface area contributed by atoms with E-state index in [1.165, 1.54) is 0 Å². The molecule has 0 amide bonds. The van der Waals surface area contributed by atoms with Crippen LogP contribution >= 0.6 is 38.5 Å². The second-order valence-corrected chi connectivity index (χ2v) is 5.45. The first-order valence-electron chi connectivity index (χ1n) is 3.99. The van der Waals surface area contributed by atoms with Crippen molar-refractivity contribution in [3.63, 3.8) is 0 Å². The van der Waals surface area contributed by atoms with Gasteiger partial charge in [0.1, 0.15) is 0 Å². The number of alkyl halides is 1. The SMILES string of the molecule is CC(Br)C(=O)c1ccc(I)cc1C=O. The molecule has 0 aliphatic rings. The highest BCUT2D eigenvalue weighted by molar-refractivity contribution is 14.1. The number of rotatable bonds is 3. The number of ketones is 1. The molecule has 0 saturated heterocycles. The van der Waals surface area contributed by atoms with Crippen molar-refractivity contribution in [1.29, 1.82) is 0 Å². The van der Waals surface area contributed by atoms with Crippen molar-refractivity contribution in [2.75, 3.05) is 0 Å². The Morgan fingerprint density at radius 2 is 2.21 bits per heavy atom. The molecule has 0 heterocycles. The van der Waals surface area contributed by atoms with Gasteiger partial charge in [-0.25, -0.2) is 0 Å². The number of hydrogen-bond acceptors (Lipinski definition) is 2. The maximum atomic E-state index is 11.6. The third-order valence-electron chi connectivity index (χ3n) is 1.77. The minimum absolute atomic E-state index is 0.0662. The van der Waals surface area contributed by atoms with E-state index in [0.29, 0.717) is 17.4 Å². The van der Waals surface area contributed by atoms with Gasteiger partial charge in [0, 0.05) is 14.7 Å². The Kier molecular flexibility index (Phi) is 4.25. The molecule has 0 fully saturated rings. The molecule has 0 aromatic heterocycles. The number of halogens is 2. The third kappa shape index (κ3) is 2.63. The largest absolute Gasteiger partial charge is 0.298 e. The van der Waals surface area contributed by atoms with Gasteiger partial charge in [-0.05, 0) is 47.7 Å². The fourth-order valence-electron chi connectivity index (χ4n) is 1.07. The molecule has 1 aromatic carbocycles. The highest BCUT2D eigenvalue weighted by Gasteiger charge is 2.15. The Balaban J connectivity index is 3.20. The molecule has 0 radical (unpaired) electrons. The molecular weight excluding hydrogens is 359 g/mol. The third-order valence-corrected chi connectivity index (χ3v) is 2.85. The van der Waals surface area contributed by atoms with Crippen molar-refractivity contribution in [2.24, 2.45) is 0 Å². The number of carbonyl (C=O) groups excluding carboxylic acids is 2. The Morgan fingerprint density at radius 3 is 2.71 bits per heavy atom. The molecule has 0 bridgehead atoms. The molecule has 0 aliphatic heterocycles. The van der Waals surface area contributed by atoms with E-state index in [0.717, 1.165) is 3.57 Å². The monoisotopic (exact) mass is 366 g/mol. The average molecular weight is 367 g/mol. The van der Waals surface area contributed by atoms with Crippen molar-refractivity contribution < 1.29 is 9.59 Å². The van der Waals surface area contributed by atoms with E-state index in [2.05, 4.69) is 38.5 Å². The summed E-state index contributed by atoms with van der Waals surface area (Å²) in [5.74, 6) is -0.0662. The van der Waals surface area contributed by atoms with Crippen LogP contribution in [0.3, 0.4) is 0 Å². The van der Waals surface area contributed by atoms with Gasteiger partial charge in [0.2, 0.25) is 0 Å². The molecule has 1 rings (SSSR count). The van der Waals surface area contributed by atoms with Gasteiger partial charge in [0.25, 0.3) is 0 Å². The van der Waals surface area contributed by atoms with E-state index in [4.69, 9.17) is 0 Å². The molecule has 74 valence electrons. The van der Waals surface area contributed by atoms with E-state index in [1.54, 1.807) is 19.1 Å². The first-order valence-corrected chi connectivity index (χ1v) is 5.98. The van der Waals surface area contributed by atoms with Crippen LogP contribution in [0.25, 0.3) is 0 Å². The zero-order chi connectivity index (χ0) is 10.7. The van der Waals surface area contributed by atoms with Gasteiger partial charge < -0.3 is 0 Å². The summed E-state index contributed by atoms with van der Waals surface area (Å²) in [6.45, 7) is 1.74. The van der Waals surface area contributed by atoms with Crippen LogP contribution in [0, 0.1) is 3.57 Å². The normalized spacial score (nSPS) is 12.2. The van der Waals surface area contributed by atoms with E-state index in [1.807, 2.05) is 6.07 Å². The number of hydrogen-bond donors (Lipinski definition) is 0. The van der Waals surface area contributed by atoms with Gasteiger partial charge in [0.15, 0.2) is 12.1 Å². The van der Waals surface area contributed by atoms with Crippen LogP contribution in [0.5, 0.6) is 0 Å². The molecule has 0 N–H and O–H groups in total. The van der Waals surface area contributed by atoms with Crippen molar-refractivity contribution >= 4 is 50.6 Å². The van der Waals surface area contributed by atoms with E-state index < -0.39 is 0 Å². The van der Waals surface area contributed by atoms with E-state index in [9.17, 15) is 9.59 Å². The van der Waals surface area contributed by atoms with Gasteiger partial charge in [-0.1, -0.05) is 15.9 Å². The van der Waals surface area contributed by atoms with Crippen molar-refractivity contribution in [1.82, 2.24) is 0 Å². The summed E-state index contributed by atoms with van der Waals surface area (Å²) in [4.78, 5) is 22.1. The predicted octanol–water partition coefficient (Wildman–Crippen LogP) is 3.07. The Hall–Kier alpha value is -0.230. The van der Waals surface area contributed by atoms with Gasteiger partial charge in [-0.2, -0.15) is 0 Å². The lowest BCUT2D eigenvalue weighted by Crippen LogP contribution is -2.12. The quantitative estimate of drug-likeness (QED) is 0.356. The predicted molar refractivity (Wildman–Crippen MR) is 67.3 cm³/mol. The molecule has 4 heteroatoms. The summed E-state index contributed by atoms with van der Waals surface area (Å²) in [6, 6.07) is 5.21. The Bertz CT molecular complexity index is 374. The zero-order valence-corrected chi connectivity index (χ0v) is 11.2. The molecule has 0 saturated carbocycles. The maximum Gasteiger partial charge on any atom is 0.176 e. The van der Waals surface area contributed by atoms with Crippen LogP contribution in [0.1, 0.15) is 27.6 Å². The number of carbonyl (C=O) groups is 2. The molecule has 0 spiro atoms. The number of benzene rings is 1. The second kappa shape index (κ2) is 5.02. The highest BCUT2D eigenvalue weighted by Crippen LogP contribution is 2.16. The maximum absolute atomic E-state index is 11.6. The van der Waals surface area contributed by atoms with Crippen molar-refractivity contribution in [2.45, 2.75) is 11.8 Å². The van der Waals surface area contributed by atoms with Crippen LogP contribution in [-0.2, 0) is 0 Å². The van der Waals surface area contributed by atoms with Crippen LogP contribution in [-0.4, -0.2) is 16.9 Å². The lowest BCUT2D eigenvalue weighted by atomic mass is 10.0. The van der Waals surface area contributed by atoms with Crippen LogP contribution in [0.4, 0.5) is 0 Å². The molecule has 1 aromatic rings. The fourth-order valence-corrected chi connectivity index (χ4v) is 1.83. The lowest BCUT2D eigenvalue weighted by Gasteiger charge is -2.05. The first kappa shape index (κ1) is 11.8. The van der Waals surface area contributed by atoms with Crippen molar-refractivity contribution in [3.8, 4) is 0 Å². The average Bonchev–Trinajstić information content (AvgIpc) is 2.16. The Labute approximate surface area is 104 Å². The highest BCUT2D eigenvalue weighted by atomic mass is 127. The number of Topliss-reactive ketones (excluding diaryl/α,β-unsaturated/α-hetero) is 1. The summed E-state index contributed by atoms with van der Waals surface area (Å²) < 4.78 is 0.948.